The van der Waals surface area contributed by atoms with Crippen LogP contribution in [0.25, 0.3) is 11.4 Å². The molecule has 3 heterocycles. The zero-order valence-corrected chi connectivity index (χ0v) is 13.5. The molecule has 2 N–H and O–H groups in total. The van der Waals surface area contributed by atoms with E-state index in [1.807, 2.05) is 0 Å². The molecule has 8 nitrogen and oxygen atoms in total. The van der Waals surface area contributed by atoms with Crippen LogP contribution in [0.2, 0.25) is 0 Å². The van der Waals surface area contributed by atoms with E-state index in [2.05, 4.69) is 31.0 Å². The zero-order valence-electron chi connectivity index (χ0n) is 12.7. The number of nitrogens with one attached hydrogen (secondary N) is 2. The van der Waals surface area contributed by atoms with Gasteiger partial charge in [-0.2, -0.15) is 18.2 Å². The summed E-state index contributed by atoms with van der Waals surface area (Å²) < 4.78 is 42.5. The molecule has 0 aliphatic heterocycles. The van der Waals surface area contributed by atoms with E-state index in [9.17, 15) is 18.0 Å². The number of carbonyl (C=O) groups is 1. The quantitative estimate of drug-likeness (QED) is 0.513. The van der Waals surface area contributed by atoms with Crippen LogP contribution < -0.4 is 10.9 Å². The summed E-state index contributed by atoms with van der Waals surface area (Å²) in [5.74, 6) is -0.590. The van der Waals surface area contributed by atoms with Gasteiger partial charge in [-0.05, 0) is 24.3 Å². The molecule has 0 bridgehead atoms. The summed E-state index contributed by atoms with van der Waals surface area (Å²) in [7, 11) is 0. The average molecular weight is 382 g/mol. The van der Waals surface area contributed by atoms with Crippen LogP contribution in [-0.2, 0) is 0 Å². The number of amides is 1. The molecule has 0 radical (unpaired) electrons. The molecular formula is C14H9F3N6O2S. The largest absolute Gasteiger partial charge is 0.447 e. The Bertz CT molecular complexity index is 903. The normalized spacial score (nSPS) is 11.2. The molecule has 0 spiro atoms. The summed E-state index contributed by atoms with van der Waals surface area (Å²) in [5.41, 5.74) is 0.355. The molecule has 12 heteroatoms. The number of thioether (sulfide) groups is 1. The number of hydrogen-bond donors (Lipinski definition) is 2. The van der Waals surface area contributed by atoms with Gasteiger partial charge in [0.25, 0.3) is 5.91 Å². The van der Waals surface area contributed by atoms with Crippen molar-refractivity contribution >= 4 is 23.7 Å². The fraction of sp³-hybridized carbons (Fsp3) is 0.0714. The molecular weight excluding hydrogens is 373 g/mol. The predicted molar refractivity (Wildman–Crippen MR) is 84.8 cm³/mol. The van der Waals surface area contributed by atoms with Gasteiger partial charge in [-0.1, -0.05) is 5.16 Å². The highest BCUT2D eigenvalue weighted by molar-refractivity contribution is 8.00. The van der Waals surface area contributed by atoms with Crippen LogP contribution in [0.15, 0.2) is 52.4 Å². The predicted octanol–water partition coefficient (Wildman–Crippen LogP) is 2.90. The van der Waals surface area contributed by atoms with Crippen LogP contribution in [0.1, 0.15) is 10.4 Å². The van der Waals surface area contributed by atoms with Gasteiger partial charge in [-0.25, -0.2) is 10.4 Å². The Kier molecular flexibility index (Phi) is 5.02. The third-order valence-corrected chi connectivity index (χ3v) is 3.63. The van der Waals surface area contributed by atoms with Crippen molar-refractivity contribution in [1.29, 1.82) is 0 Å². The van der Waals surface area contributed by atoms with Crippen molar-refractivity contribution in [2.45, 2.75) is 10.5 Å². The van der Waals surface area contributed by atoms with Gasteiger partial charge >= 0.3 is 11.5 Å². The van der Waals surface area contributed by atoms with Crippen LogP contribution in [0, 0.1) is 0 Å². The molecule has 0 aromatic carbocycles. The molecule has 26 heavy (non-hydrogen) atoms. The fourth-order valence-electron chi connectivity index (χ4n) is 1.82. The molecule has 0 unspecified atom stereocenters. The van der Waals surface area contributed by atoms with Crippen molar-refractivity contribution in [3.05, 3.63) is 48.4 Å². The van der Waals surface area contributed by atoms with E-state index >= 15 is 0 Å². The SMILES string of the molecule is O=C(NNc1nc(-c2ccncc2)no1)c1cccnc1SC(F)(F)F. The second kappa shape index (κ2) is 7.39. The highest BCUT2D eigenvalue weighted by Gasteiger charge is 2.32. The molecule has 3 rings (SSSR count). The molecule has 0 saturated carbocycles. The van der Waals surface area contributed by atoms with E-state index in [0.29, 0.717) is 5.56 Å². The van der Waals surface area contributed by atoms with Gasteiger partial charge in [0, 0.05) is 35.9 Å². The number of hydrogen-bond acceptors (Lipinski definition) is 8. The van der Waals surface area contributed by atoms with Crippen molar-refractivity contribution in [3.8, 4) is 11.4 Å². The van der Waals surface area contributed by atoms with Crippen molar-refractivity contribution in [1.82, 2.24) is 25.5 Å². The van der Waals surface area contributed by atoms with Gasteiger partial charge in [-0.3, -0.25) is 15.2 Å². The lowest BCUT2D eigenvalue weighted by Gasteiger charge is -2.09. The summed E-state index contributed by atoms with van der Waals surface area (Å²) in [4.78, 5) is 23.5. The van der Waals surface area contributed by atoms with Crippen LogP contribution >= 0.6 is 11.8 Å². The van der Waals surface area contributed by atoms with Crippen molar-refractivity contribution in [2.24, 2.45) is 0 Å². The Labute approximate surface area is 148 Å². The molecule has 0 aliphatic rings. The fourth-order valence-corrected chi connectivity index (χ4v) is 2.43. The van der Waals surface area contributed by atoms with E-state index in [-0.39, 0.29) is 17.4 Å². The number of alkyl halides is 3. The molecule has 3 aromatic rings. The van der Waals surface area contributed by atoms with E-state index < -0.39 is 28.2 Å². The monoisotopic (exact) mass is 382 g/mol. The number of aromatic nitrogens is 4. The standard InChI is InChI=1S/C14H9F3N6O2S/c15-14(16,17)26-12-9(2-1-5-19-12)11(24)21-22-13-20-10(23-25-13)8-3-6-18-7-4-8/h1-7H,(H,21,24)(H,20,22,23). The van der Waals surface area contributed by atoms with E-state index in [1.54, 1.807) is 24.5 Å². The van der Waals surface area contributed by atoms with Crippen molar-refractivity contribution < 1.29 is 22.5 Å². The van der Waals surface area contributed by atoms with Gasteiger partial charge in [0.15, 0.2) is 0 Å². The number of nitrogens with zero attached hydrogens (tertiary/aromatic N) is 4. The average Bonchev–Trinajstić information content (AvgIpc) is 3.08. The number of carbonyl (C=O) groups excluding carboxylic acids is 1. The maximum atomic E-state index is 12.5. The summed E-state index contributed by atoms with van der Waals surface area (Å²) in [6.45, 7) is 0. The third kappa shape index (κ3) is 4.47. The molecule has 134 valence electrons. The van der Waals surface area contributed by atoms with E-state index in [1.165, 1.54) is 12.1 Å². The zero-order chi connectivity index (χ0) is 18.6. The molecule has 0 aliphatic carbocycles. The first kappa shape index (κ1) is 17.7. The lowest BCUT2D eigenvalue weighted by atomic mass is 10.3. The Morgan fingerprint density at radius 3 is 2.65 bits per heavy atom. The second-order valence-electron chi connectivity index (χ2n) is 4.64. The Morgan fingerprint density at radius 2 is 1.92 bits per heavy atom. The van der Waals surface area contributed by atoms with Gasteiger partial charge in [0.2, 0.25) is 5.82 Å². The van der Waals surface area contributed by atoms with E-state index in [4.69, 9.17) is 4.52 Å². The summed E-state index contributed by atoms with van der Waals surface area (Å²) >= 11 is -0.478. The van der Waals surface area contributed by atoms with E-state index in [0.717, 1.165) is 6.20 Å². The maximum absolute atomic E-state index is 12.5. The first-order valence-corrected chi connectivity index (χ1v) is 7.75. The number of hydrazine groups is 1. The lowest BCUT2D eigenvalue weighted by Crippen LogP contribution is -2.30. The van der Waals surface area contributed by atoms with Crippen LogP contribution in [0.4, 0.5) is 19.2 Å². The highest BCUT2D eigenvalue weighted by atomic mass is 32.2. The van der Waals surface area contributed by atoms with Gasteiger partial charge < -0.3 is 4.52 Å². The minimum atomic E-state index is -4.57. The van der Waals surface area contributed by atoms with Crippen molar-refractivity contribution in [2.75, 3.05) is 5.43 Å². The summed E-state index contributed by atoms with van der Waals surface area (Å²) in [5, 5.41) is 3.24. The summed E-state index contributed by atoms with van der Waals surface area (Å²) in [6.07, 6.45) is 4.25. The third-order valence-electron chi connectivity index (χ3n) is 2.88. The number of halogens is 3. The molecule has 0 fully saturated rings. The van der Waals surface area contributed by atoms with Gasteiger partial charge in [-0.15, -0.1) is 0 Å². The first-order chi connectivity index (χ1) is 12.4. The first-order valence-electron chi connectivity index (χ1n) is 6.93. The van der Waals surface area contributed by atoms with Crippen LogP contribution in [0.3, 0.4) is 0 Å². The van der Waals surface area contributed by atoms with Crippen LogP contribution in [-0.4, -0.2) is 31.5 Å². The highest BCUT2D eigenvalue weighted by Crippen LogP contribution is 2.37. The number of anilines is 1. The molecule has 0 atom stereocenters. The topological polar surface area (TPSA) is 106 Å². The Morgan fingerprint density at radius 1 is 1.15 bits per heavy atom. The molecule has 1 amide bonds. The minimum Gasteiger partial charge on any atom is -0.313 e. The Balaban J connectivity index is 1.68. The van der Waals surface area contributed by atoms with Crippen LogP contribution in [0.5, 0.6) is 0 Å². The van der Waals surface area contributed by atoms with Gasteiger partial charge in [0.1, 0.15) is 5.03 Å². The smallest absolute Gasteiger partial charge is 0.313 e. The minimum absolute atomic E-state index is 0.140. The van der Waals surface area contributed by atoms with Crippen molar-refractivity contribution in [3.63, 3.8) is 0 Å². The number of pyridine rings is 2. The maximum Gasteiger partial charge on any atom is 0.447 e. The van der Waals surface area contributed by atoms with Gasteiger partial charge in [0.05, 0.1) is 5.56 Å². The lowest BCUT2D eigenvalue weighted by molar-refractivity contribution is -0.0329. The Hall–Kier alpha value is -3.15. The summed E-state index contributed by atoms with van der Waals surface area (Å²) in [6, 6.07) is 5.74. The molecule has 3 aromatic heterocycles. The molecule has 0 saturated heterocycles. The number of rotatable bonds is 5. The second-order valence-corrected chi connectivity index (χ2v) is 5.70.